The Morgan fingerprint density at radius 3 is 2.43 bits per heavy atom. The topological polar surface area (TPSA) is 131 Å². The number of alkyl halides is 3. The number of urea groups is 1. The summed E-state index contributed by atoms with van der Waals surface area (Å²) in [5, 5.41) is 21.7. The molecule has 0 spiro atoms. The molecule has 0 bridgehead atoms. The predicted molar refractivity (Wildman–Crippen MR) is 169 cm³/mol. The molecule has 0 saturated carbocycles. The van der Waals surface area contributed by atoms with Gasteiger partial charge in [-0.3, -0.25) is 14.6 Å². The molecule has 16 heteroatoms. The summed E-state index contributed by atoms with van der Waals surface area (Å²) in [6.07, 6.45) is -3.84. The highest BCUT2D eigenvalue weighted by molar-refractivity contribution is 7.13. The number of phenols is 1. The van der Waals surface area contributed by atoms with Gasteiger partial charge in [-0.25, -0.2) is 19.6 Å². The number of aromatic nitrogens is 1. The minimum atomic E-state index is -4.88. The number of thiazole rings is 1. The quantitative estimate of drug-likeness (QED) is 0.100. The summed E-state index contributed by atoms with van der Waals surface area (Å²) >= 11 is 1.51. The predicted octanol–water partition coefficient (Wildman–Crippen LogP) is 5.47. The molecule has 1 aliphatic heterocycles. The highest BCUT2D eigenvalue weighted by Gasteiger charge is 2.31. The Hall–Kier alpha value is -5.06. The molecular weight excluding hydrogens is 642 g/mol. The molecule has 4 aromatic rings. The summed E-state index contributed by atoms with van der Waals surface area (Å²) in [4.78, 5) is 33.5. The fourth-order valence-electron chi connectivity index (χ4n) is 4.65. The summed E-state index contributed by atoms with van der Waals surface area (Å²) in [7, 11) is 0. The third-order valence-corrected chi connectivity index (χ3v) is 7.81. The number of nitrogens with zero attached hydrogens (tertiary/aromatic N) is 4. The molecule has 1 aliphatic rings. The Bertz CT molecular complexity index is 1730. The second kappa shape index (κ2) is 15.0. The van der Waals surface area contributed by atoms with Crippen LogP contribution in [0.5, 0.6) is 11.5 Å². The summed E-state index contributed by atoms with van der Waals surface area (Å²) < 4.78 is 54.5. The minimum Gasteiger partial charge on any atom is -0.507 e. The van der Waals surface area contributed by atoms with Crippen LogP contribution in [0.3, 0.4) is 0 Å². The summed E-state index contributed by atoms with van der Waals surface area (Å²) in [6, 6.07) is 15.3. The molecule has 1 aromatic heterocycles. The van der Waals surface area contributed by atoms with Gasteiger partial charge < -0.3 is 20.5 Å². The van der Waals surface area contributed by atoms with Crippen molar-refractivity contribution >= 4 is 40.9 Å². The standard InChI is InChI=1S/C31H29F4N7O4S/c32-22-2-1-3-24(15-22)39-30(45)38-23-6-4-20(5-7-23)29-37-25(19-47-29)17-41-10-12-42(13-11-41)18-28(44)40-36-16-21-14-26(8-9-27(21)43)46-31(33,34)35/h1-9,14-16,19,43H,10-13,17-18H2,(H,40,44)(H2,38,39,45)/b36-16+. The van der Waals surface area contributed by atoms with E-state index in [1.807, 2.05) is 22.4 Å². The molecular formula is C31H29F4N7O4S. The van der Waals surface area contributed by atoms with Crippen LogP contribution < -0.4 is 20.8 Å². The van der Waals surface area contributed by atoms with Crippen LogP contribution in [0.15, 0.2) is 77.2 Å². The molecule has 1 fully saturated rings. The maximum absolute atomic E-state index is 13.3. The number of nitrogens with one attached hydrogen (secondary N) is 3. The van der Waals surface area contributed by atoms with Gasteiger partial charge in [-0.1, -0.05) is 6.07 Å². The summed E-state index contributed by atoms with van der Waals surface area (Å²) in [5.41, 5.74) is 5.00. The van der Waals surface area contributed by atoms with Crippen LogP contribution in [-0.2, 0) is 11.3 Å². The average molecular weight is 672 g/mol. The number of piperazine rings is 1. The molecule has 3 amide bonds. The normalized spacial score (nSPS) is 14.2. The van der Waals surface area contributed by atoms with E-state index in [-0.39, 0.29) is 17.9 Å². The van der Waals surface area contributed by atoms with Crippen molar-refractivity contribution in [1.82, 2.24) is 20.2 Å². The van der Waals surface area contributed by atoms with Crippen LogP contribution >= 0.6 is 11.3 Å². The number of anilines is 2. The molecule has 0 atom stereocenters. The van der Waals surface area contributed by atoms with Crippen molar-refractivity contribution in [3.05, 3.63) is 89.2 Å². The van der Waals surface area contributed by atoms with Crippen molar-refractivity contribution in [1.29, 1.82) is 0 Å². The SMILES string of the molecule is O=C(CN1CCN(Cc2csc(-c3ccc(NC(=O)Nc4cccc(F)c4)cc3)n2)CC1)N/N=C/c1cc(OC(F)(F)F)ccc1O. The van der Waals surface area contributed by atoms with E-state index in [1.54, 1.807) is 18.2 Å². The van der Waals surface area contributed by atoms with Gasteiger partial charge in [-0.2, -0.15) is 5.10 Å². The molecule has 4 N–H and O–H groups in total. The first-order valence-corrected chi connectivity index (χ1v) is 15.1. The molecule has 2 heterocycles. The van der Waals surface area contributed by atoms with Crippen molar-refractivity contribution in [2.45, 2.75) is 12.9 Å². The number of carbonyl (C=O) groups is 2. The van der Waals surface area contributed by atoms with Gasteiger partial charge in [0.25, 0.3) is 5.91 Å². The van der Waals surface area contributed by atoms with E-state index in [9.17, 15) is 32.3 Å². The third kappa shape index (κ3) is 10.2. The Labute approximate surface area is 270 Å². The number of hydrogen-bond acceptors (Lipinski definition) is 9. The zero-order valence-corrected chi connectivity index (χ0v) is 25.4. The number of carbonyl (C=O) groups excluding carboxylic acids is 2. The summed E-state index contributed by atoms with van der Waals surface area (Å²) in [5.74, 6) is -1.70. The molecule has 0 radical (unpaired) electrons. The molecule has 47 heavy (non-hydrogen) atoms. The zero-order chi connectivity index (χ0) is 33.4. The molecule has 246 valence electrons. The number of hydrogen-bond donors (Lipinski definition) is 4. The lowest BCUT2D eigenvalue weighted by Gasteiger charge is -2.33. The first-order valence-electron chi connectivity index (χ1n) is 14.2. The maximum atomic E-state index is 13.3. The van der Waals surface area contributed by atoms with Crippen molar-refractivity contribution in [3.63, 3.8) is 0 Å². The smallest absolute Gasteiger partial charge is 0.507 e. The number of benzene rings is 3. The first-order chi connectivity index (χ1) is 22.5. The lowest BCUT2D eigenvalue weighted by atomic mass is 10.2. The van der Waals surface area contributed by atoms with E-state index < -0.39 is 29.9 Å². The van der Waals surface area contributed by atoms with Crippen LogP contribution in [0.25, 0.3) is 10.6 Å². The molecule has 11 nitrogen and oxygen atoms in total. The van der Waals surface area contributed by atoms with Gasteiger partial charge in [0.15, 0.2) is 0 Å². The van der Waals surface area contributed by atoms with E-state index in [0.29, 0.717) is 44.1 Å². The lowest BCUT2D eigenvalue weighted by Crippen LogP contribution is -2.48. The van der Waals surface area contributed by atoms with Gasteiger partial charge in [-0.05, 0) is 60.7 Å². The van der Waals surface area contributed by atoms with E-state index in [0.717, 1.165) is 40.7 Å². The summed E-state index contributed by atoms with van der Waals surface area (Å²) in [6.45, 7) is 3.40. The second-order valence-electron chi connectivity index (χ2n) is 10.4. The second-order valence-corrected chi connectivity index (χ2v) is 11.3. The highest BCUT2D eigenvalue weighted by atomic mass is 32.1. The Morgan fingerprint density at radius 1 is 0.979 bits per heavy atom. The van der Waals surface area contributed by atoms with Crippen molar-refractivity contribution in [2.24, 2.45) is 5.10 Å². The largest absolute Gasteiger partial charge is 0.573 e. The van der Waals surface area contributed by atoms with Gasteiger partial charge in [0.05, 0.1) is 18.5 Å². The number of phenolic OH excluding ortho intramolecular Hbond substituents is 1. The van der Waals surface area contributed by atoms with Crippen LogP contribution in [0.2, 0.25) is 0 Å². The zero-order valence-electron chi connectivity index (χ0n) is 24.6. The molecule has 0 aliphatic carbocycles. The van der Waals surface area contributed by atoms with Gasteiger partial charge >= 0.3 is 12.4 Å². The number of halogens is 4. The Morgan fingerprint density at radius 2 is 1.70 bits per heavy atom. The molecule has 1 saturated heterocycles. The molecule has 3 aromatic carbocycles. The molecule has 0 unspecified atom stereocenters. The molecule has 5 rings (SSSR count). The Kier molecular flexibility index (Phi) is 10.6. The maximum Gasteiger partial charge on any atom is 0.573 e. The number of aromatic hydroxyl groups is 1. The van der Waals surface area contributed by atoms with Gasteiger partial charge in [-0.15, -0.1) is 24.5 Å². The van der Waals surface area contributed by atoms with E-state index >= 15 is 0 Å². The van der Waals surface area contributed by atoms with E-state index in [2.05, 4.69) is 30.8 Å². The van der Waals surface area contributed by atoms with Crippen LogP contribution in [0, 0.1) is 5.82 Å². The number of rotatable bonds is 10. The van der Waals surface area contributed by atoms with E-state index in [1.165, 1.54) is 29.5 Å². The minimum absolute atomic E-state index is 0.0527. The van der Waals surface area contributed by atoms with Gasteiger partial charge in [0.2, 0.25) is 0 Å². The fourth-order valence-corrected chi connectivity index (χ4v) is 5.47. The average Bonchev–Trinajstić information content (AvgIpc) is 3.48. The fraction of sp³-hybridized carbons (Fsp3) is 0.226. The monoisotopic (exact) mass is 671 g/mol. The number of hydrazone groups is 1. The Balaban J connectivity index is 1.03. The van der Waals surface area contributed by atoms with Gasteiger partial charge in [0, 0.05) is 60.6 Å². The van der Waals surface area contributed by atoms with Gasteiger partial charge in [0.1, 0.15) is 22.3 Å². The number of ether oxygens (including phenoxy) is 1. The third-order valence-electron chi connectivity index (χ3n) is 6.87. The van der Waals surface area contributed by atoms with Crippen molar-refractivity contribution in [2.75, 3.05) is 43.4 Å². The number of amides is 3. The van der Waals surface area contributed by atoms with Crippen LogP contribution in [0.1, 0.15) is 11.3 Å². The van der Waals surface area contributed by atoms with E-state index in [4.69, 9.17) is 4.98 Å². The van der Waals surface area contributed by atoms with Crippen molar-refractivity contribution in [3.8, 4) is 22.1 Å². The van der Waals surface area contributed by atoms with Crippen LogP contribution in [0.4, 0.5) is 33.7 Å². The first kappa shape index (κ1) is 33.3. The van der Waals surface area contributed by atoms with Crippen LogP contribution in [-0.4, -0.2) is 77.1 Å². The highest BCUT2D eigenvalue weighted by Crippen LogP contribution is 2.28. The van der Waals surface area contributed by atoms with Crippen molar-refractivity contribution < 1.29 is 37.0 Å². The lowest BCUT2D eigenvalue weighted by molar-refractivity contribution is -0.274.